The van der Waals surface area contributed by atoms with Gasteiger partial charge in [0.15, 0.2) is 0 Å². The summed E-state index contributed by atoms with van der Waals surface area (Å²) in [6.07, 6.45) is 0. The molecule has 2 atom stereocenters. The molecule has 1 aromatic rings. The molecule has 0 aliphatic rings. The van der Waals surface area contributed by atoms with Crippen LogP contribution in [0.4, 0.5) is 4.39 Å². The number of hydrogen-bond donors (Lipinski definition) is 1. The van der Waals surface area contributed by atoms with E-state index in [1.54, 1.807) is 6.92 Å². The van der Waals surface area contributed by atoms with Gasteiger partial charge in [0.25, 0.3) is 0 Å². The number of halogens is 1. The van der Waals surface area contributed by atoms with Crippen LogP contribution in [0.1, 0.15) is 20.8 Å². The van der Waals surface area contributed by atoms with E-state index in [1.807, 2.05) is 13.8 Å². The predicted octanol–water partition coefficient (Wildman–Crippen LogP) is 1.85. The summed E-state index contributed by atoms with van der Waals surface area (Å²) in [6, 6.07) is 5.35. The van der Waals surface area contributed by atoms with Crippen LogP contribution in [0.5, 0.6) is 0 Å². The van der Waals surface area contributed by atoms with Crippen molar-refractivity contribution in [2.24, 2.45) is 0 Å². The van der Waals surface area contributed by atoms with E-state index in [1.165, 1.54) is 24.3 Å². The van der Waals surface area contributed by atoms with Crippen LogP contribution in [-0.4, -0.2) is 21.4 Å². The maximum atomic E-state index is 12.7. The molecule has 0 bridgehead atoms. The fourth-order valence-corrected chi connectivity index (χ4v) is 2.35. The number of carbonyl (C=O) groups is 1. The van der Waals surface area contributed by atoms with Gasteiger partial charge in [-0.15, -0.1) is 0 Å². The van der Waals surface area contributed by atoms with E-state index in [4.69, 9.17) is 0 Å². The van der Waals surface area contributed by atoms with E-state index in [2.05, 4.69) is 5.32 Å². The van der Waals surface area contributed by atoms with Crippen LogP contribution in [0.25, 0.3) is 0 Å². The molecule has 1 N–H and O–H groups in total. The molecule has 0 radical (unpaired) electrons. The van der Waals surface area contributed by atoms with E-state index in [9.17, 15) is 13.4 Å². The van der Waals surface area contributed by atoms with Gasteiger partial charge in [-0.05, 0) is 45.0 Å². The van der Waals surface area contributed by atoms with Crippen molar-refractivity contribution in [3.05, 3.63) is 30.1 Å². The normalized spacial score (nSPS) is 14.4. The van der Waals surface area contributed by atoms with Crippen LogP contribution in [0, 0.1) is 5.82 Å². The molecule has 94 valence electrons. The van der Waals surface area contributed by atoms with Crippen LogP contribution in [0.2, 0.25) is 0 Å². The number of carbonyl (C=O) groups excluding carboxylic acids is 1. The Morgan fingerprint density at radius 1 is 1.24 bits per heavy atom. The maximum Gasteiger partial charge on any atom is 0.236 e. The Morgan fingerprint density at radius 2 is 1.76 bits per heavy atom. The Balaban J connectivity index is 2.76. The lowest BCUT2D eigenvalue weighted by Crippen LogP contribution is -2.39. The van der Waals surface area contributed by atoms with Crippen molar-refractivity contribution in [3.8, 4) is 0 Å². The Morgan fingerprint density at radius 3 is 2.24 bits per heavy atom. The third-order valence-electron chi connectivity index (χ3n) is 2.17. The molecule has 0 saturated carbocycles. The van der Waals surface area contributed by atoms with Crippen LogP contribution >= 0.6 is 0 Å². The first-order valence-corrected chi connectivity index (χ1v) is 6.59. The molecule has 0 aliphatic carbocycles. The SMILES string of the molecule is CC(C)NC(=O)C(C)S(=O)c1ccc(F)cc1. The van der Waals surface area contributed by atoms with Gasteiger partial charge in [0.2, 0.25) is 5.91 Å². The lowest BCUT2D eigenvalue weighted by Gasteiger charge is -2.14. The van der Waals surface area contributed by atoms with Crippen molar-refractivity contribution >= 4 is 16.7 Å². The fourth-order valence-electron chi connectivity index (χ4n) is 1.27. The quantitative estimate of drug-likeness (QED) is 0.894. The smallest absolute Gasteiger partial charge is 0.236 e. The highest BCUT2D eigenvalue weighted by Crippen LogP contribution is 2.12. The Bertz CT molecular complexity index is 417. The molecule has 1 aromatic carbocycles. The zero-order chi connectivity index (χ0) is 13.0. The third kappa shape index (κ3) is 3.93. The van der Waals surface area contributed by atoms with E-state index in [-0.39, 0.29) is 17.8 Å². The van der Waals surface area contributed by atoms with E-state index in [0.717, 1.165) is 0 Å². The molecular weight excluding hydrogens is 241 g/mol. The van der Waals surface area contributed by atoms with Crippen molar-refractivity contribution in [3.63, 3.8) is 0 Å². The van der Waals surface area contributed by atoms with Gasteiger partial charge in [0.05, 0.1) is 10.8 Å². The van der Waals surface area contributed by atoms with Crippen LogP contribution in [0.3, 0.4) is 0 Å². The summed E-state index contributed by atoms with van der Waals surface area (Å²) in [6.45, 7) is 5.27. The van der Waals surface area contributed by atoms with Gasteiger partial charge in [-0.25, -0.2) is 4.39 Å². The first-order chi connectivity index (χ1) is 7.91. The zero-order valence-corrected chi connectivity index (χ0v) is 10.9. The number of hydrogen-bond acceptors (Lipinski definition) is 2. The van der Waals surface area contributed by atoms with Gasteiger partial charge in [0, 0.05) is 10.9 Å². The Kier molecular flexibility index (Phi) is 4.81. The minimum atomic E-state index is -1.46. The molecule has 0 spiro atoms. The molecule has 0 fully saturated rings. The second-order valence-electron chi connectivity index (χ2n) is 4.06. The number of rotatable bonds is 4. The monoisotopic (exact) mass is 257 g/mol. The lowest BCUT2D eigenvalue weighted by molar-refractivity contribution is -0.120. The van der Waals surface area contributed by atoms with E-state index < -0.39 is 16.0 Å². The largest absolute Gasteiger partial charge is 0.353 e. The molecule has 0 heterocycles. The van der Waals surface area contributed by atoms with Crippen molar-refractivity contribution in [1.29, 1.82) is 0 Å². The van der Waals surface area contributed by atoms with Crippen LogP contribution < -0.4 is 5.32 Å². The summed E-state index contributed by atoms with van der Waals surface area (Å²) < 4.78 is 24.7. The molecule has 1 rings (SSSR count). The summed E-state index contributed by atoms with van der Waals surface area (Å²) in [7, 11) is -1.46. The van der Waals surface area contributed by atoms with E-state index >= 15 is 0 Å². The van der Waals surface area contributed by atoms with E-state index in [0.29, 0.717) is 4.90 Å². The topological polar surface area (TPSA) is 46.2 Å². The zero-order valence-electron chi connectivity index (χ0n) is 10.1. The molecule has 2 unspecified atom stereocenters. The van der Waals surface area contributed by atoms with Gasteiger partial charge in [-0.1, -0.05) is 0 Å². The molecule has 0 aliphatic heterocycles. The number of nitrogens with one attached hydrogen (secondary N) is 1. The summed E-state index contributed by atoms with van der Waals surface area (Å²) in [5.74, 6) is -0.646. The highest BCUT2D eigenvalue weighted by Gasteiger charge is 2.21. The summed E-state index contributed by atoms with van der Waals surface area (Å²) in [5, 5.41) is 2.05. The number of amides is 1. The molecule has 0 aromatic heterocycles. The second kappa shape index (κ2) is 5.91. The van der Waals surface area contributed by atoms with Gasteiger partial charge in [-0.3, -0.25) is 9.00 Å². The lowest BCUT2D eigenvalue weighted by atomic mass is 10.3. The maximum absolute atomic E-state index is 12.7. The van der Waals surface area contributed by atoms with Crippen molar-refractivity contribution in [2.45, 2.75) is 37.0 Å². The van der Waals surface area contributed by atoms with Gasteiger partial charge in [-0.2, -0.15) is 0 Å². The first kappa shape index (κ1) is 13.8. The first-order valence-electron chi connectivity index (χ1n) is 5.38. The summed E-state index contributed by atoms with van der Waals surface area (Å²) >= 11 is 0. The highest BCUT2D eigenvalue weighted by atomic mass is 32.2. The minimum Gasteiger partial charge on any atom is -0.353 e. The number of benzene rings is 1. The fraction of sp³-hybridized carbons (Fsp3) is 0.417. The van der Waals surface area contributed by atoms with Gasteiger partial charge in [0.1, 0.15) is 11.1 Å². The molecular formula is C12H16FNO2S. The minimum absolute atomic E-state index is 0.00941. The average molecular weight is 257 g/mol. The molecule has 1 amide bonds. The average Bonchev–Trinajstić information content (AvgIpc) is 2.27. The predicted molar refractivity (Wildman–Crippen MR) is 65.5 cm³/mol. The van der Waals surface area contributed by atoms with Crippen molar-refractivity contribution < 1.29 is 13.4 Å². The van der Waals surface area contributed by atoms with Crippen LogP contribution in [0.15, 0.2) is 29.2 Å². The molecule has 0 saturated heterocycles. The Labute approximate surface area is 103 Å². The molecule has 17 heavy (non-hydrogen) atoms. The van der Waals surface area contributed by atoms with Gasteiger partial charge < -0.3 is 5.32 Å². The standard InChI is InChI=1S/C12H16FNO2S/c1-8(2)14-12(15)9(3)17(16)11-6-4-10(13)5-7-11/h4-9H,1-3H3,(H,14,15). The second-order valence-corrected chi connectivity index (χ2v) is 5.83. The van der Waals surface area contributed by atoms with Crippen molar-refractivity contribution in [2.75, 3.05) is 0 Å². The Hall–Kier alpha value is -1.23. The third-order valence-corrected chi connectivity index (χ3v) is 3.76. The molecule has 3 nitrogen and oxygen atoms in total. The van der Waals surface area contributed by atoms with Crippen LogP contribution in [-0.2, 0) is 15.6 Å². The van der Waals surface area contributed by atoms with Gasteiger partial charge >= 0.3 is 0 Å². The van der Waals surface area contributed by atoms with Crippen molar-refractivity contribution in [1.82, 2.24) is 5.32 Å². The summed E-state index contributed by atoms with van der Waals surface area (Å²) in [4.78, 5) is 12.1. The highest BCUT2D eigenvalue weighted by molar-refractivity contribution is 7.86. The molecule has 5 heteroatoms. The summed E-state index contributed by atoms with van der Waals surface area (Å²) in [5.41, 5.74) is 0.